The van der Waals surface area contributed by atoms with E-state index in [0.717, 1.165) is 28.2 Å². The molecular weight excluding hydrogens is 436 g/mol. The van der Waals surface area contributed by atoms with Crippen molar-refractivity contribution >= 4 is 33.1 Å². The van der Waals surface area contributed by atoms with Crippen LogP contribution in [0.15, 0.2) is 76.3 Å². The Kier molecular flexibility index (Phi) is 5.60. The summed E-state index contributed by atoms with van der Waals surface area (Å²) in [5.41, 5.74) is 0.796. The molecule has 4 aromatic rings. The molecule has 1 saturated heterocycles. The van der Waals surface area contributed by atoms with Crippen molar-refractivity contribution in [2.75, 3.05) is 31.1 Å². The van der Waals surface area contributed by atoms with Crippen LogP contribution in [0.1, 0.15) is 4.88 Å². The molecule has 1 amide bonds. The van der Waals surface area contributed by atoms with Crippen LogP contribution in [-0.4, -0.2) is 46.1 Å². The van der Waals surface area contributed by atoms with E-state index in [4.69, 9.17) is 0 Å². The van der Waals surface area contributed by atoms with Crippen molar-refractivity contribution in [1.29, 1.82) is 0 Å². The fraction of sp³-hybridized carbons (Fsp3) is 0.240. The van der Waals surface area contributed by atoms with Crippen molar-refractivity contribution in [3.8, 4) is 5.69 Å². The minimum absolute atomic E-state index is 0.0895. The first-order valence-electron chi connectivity index (χ1n) is 10.9. The van der Waals surface area contributed by atoms with E-state index < -0.39 is 5.69 Å². The van der Waals surface area contributed by atoms with E-state index in [1.54, 1.807) is 35.2 Å². The number of amides is 1. The van der Waals surface area contributed by atoms with Gasteiger partial charge in [-0.3, -0.25) is 14.2 Å². The molecule has 0 radical (unpaired) electrons. The predicted molar refractivity (Wildman–Crippen MR) is 132 cm³/mol. The highest BCUT2D eigenvalue weighted by Crippen LogP contribution is 2.22. The van der Waals surface area contributed by atoms with Gasteiger partial charge in [-0.05, 0) is 37.3 Å². The van der Waals surface area contributed by atoms with Crippen LogP contribution in [0.5, 0.6) is 0 Å². The maximum atomic E-state index is 13.4. The zero-order chi connectivity index (χ0) is 22.9. The van der Waals surface area contributed by atoms with E-state index in [-0.39, 0.29) is 18.0 Å². The largest absolute Gasteiger partial charge is 0.368 e. The number of rotatable bonds is 4. The highest BCUT2D eigenvalue weighted by molar-refractivity contribution is 7.18. The topological polar surface area (TPSA) is 67.5 Å². The lowest BCUT2D eigenvalue weighted by atomic mass is 10.2. The molecule has 7 nitrogen and oxygen atoms in total. The number of aryl methyl sites for hydroxylation is 1. The minimum Gasteiger partial charge on any atom is -0.368 e. The number of hydrogen-bond acceptors (Lipinski definition) is 5. The van der Waals surface area contributed by atoms with E-state index >= 15 is 0 Å². The normalized spacial score (nSPS) is 14.1. The number of hydrogen-bond donors (Lipinski definition) is 0. The van der Waals surface area contributed by atoms with Gasteiger partial charge in [0.2, 0.25) is 5.91 Å². The third kappa shape index (κ3) is 3.98. The van der Waals surface area contributed by atoms with Crippen LogP contribution in [0.4, 0.5) is 5.69 Å². The van der Waals surface area contributed by atoms with Crippen LogP contribution < -0.4 is 16.1 Å². The molecule has 1 aliphatic heterocycles. The van der Waals surface area contributed by atoms with E-state index in [0.29, 0.717) is 29.0 Å². The summed E-state index contributed by atoms with van der Waals surface area (Å²) in [6.45, 7) is 4.47. The van der Waals surface area contributed by atoms with Crippen LogP contribution in [0, 0.1) is 6.92 Å². The quantitative estimate of drug-likeness (QED) is 0.470. The van der Waals surface area contributed by atoms with E-state index in [2.05, 4.69) is 17.0 Å². The van der Waals surface area contributed by atoms with Gasteiger partial charge < -0.3 is 9.80 Å². The van der Waals surface area contributed by atoms with Crippen molar-refractivity contribution in [3.05, 3.63) is 92.4 Å². The maximum Gasteiger partial charge on any atom is 0.337 e. The van der Waals surface area contributed by atoms with Crippen LogP contribution >= 0.6 is 11.3 Å². The Labute approximate surface area is 194 Å². The van der Waals surface area contributed by atoms with Gasteiger partial charge in [-0.15, -0.1) is 11.3 Å². The molecule has 1 aliphatic rings. The summed E-state index contributed by atoms with van der Waals surface area (Å²) >= 11 is 1.37. The van der Waals surface area contributed by atoms with Crippen LogP contribution in [-0.2, 0) is 11.3 Å². The molecule has 0 atom stereocenters. The Morgan fingerprint density at radius 1 is 0.879 bits per heavy atom. The number of thiophene rings is 1. The molecule has 0 N–H and O–H groups in total. The number of aromatic nitrogens is 2. The van der Waals surface area contributed by atoms with Gasteiger partial charge in [-0.1, -0.05) is 36.4 Å². The molecule has 0 aliphatic carbocycles. The Bertz CT molecular complexity index is 1420. The maximum absolute atomic E-state index is 13.4. The van der Waals surface area contributed by atoms with E-state index in [1.165, 1.54) is 15.9 Å². The molecule has 33 heavy (non-hydrogen) atoms. The SMILES string of the molecule is Cc1cc2c(=O)n(-c3ccccc3)c(=O)n(CC(=O)N3CCN(c4ccccc4)CC3)c2s1. The second kappa shape index (κ2) is 8.71. The number of anilines is 1. The van der Waals surface area contributed by atoms with Crippen molar-refractivity contribution in [3.63, 3.8) is 0 Å². The number of benzene rings is 2. The summed E-state index contributed by atoms with van der Waals surface area (Å²) in [5, 5.41) is 0.461. The highest BCUT2D eigenvalue weighted by Gasteiger charge is 2.24. The summed E-state index contributed by atoms with van der Waals surface area (Å²) < 4.78 is 2.61. The fourth-order valence-electron chi connectivity index (χ4n) is 4.30. The summed E-state index contributed by atoms with van der Waals surface area (Å²) in [6.07, 6.45) is 0. The lowest BCUT2D eigenvalue weighted by Crippen LogP contribution is -2.50. The van der Waals surface area contributed by atoms with Gasteiger partial charge in [0, 0.05) is 36.7 Å². The third-order valence-electron chi connectivity index (χ3n) is 6.00. The lowest BCUT2D eigenvalue weighted by molar-refractivity contribution is -0.132. The first-order chi connectivity index (χ1) is 16.0. The van der Waals surface area contributed by atoms with E-state index in [1.807, 2.05) is 31.2 Å². The van der Waals surface area contributed by atoms with Gasteiger partial charge in [-0.2, -0.15) is 0 Å². The smallest absolute Gasteiger partial charge is 0.337 e. The van der Waals surface area contributed by atoms with Gasteiger partial charge in [0.25, 0.3) is 5.56 Å². The predicted octanol–water partition coefficient (Wildman–Crippen LogP) is 2.87. The van der Waals surface area contributed by atoms with Crippen LogP contribution in [0.2, 0.25) is 0 Å². The molecule has 8 heteroatoms. The average Bonchev–Trinajstić information content (AvgIpc) is 3.25. The molecule has 5 rings (SSSR count). The highest BCUT2D eigenvalue weighted by atomic mass is 32.1. The third-order valence-corrected chi connectivity index (χ3v) is 7.07. The molecule has 168 valence electrons. The van der Waals surface area contributed by atoms with Crippen LogP contribution in [0.3, 0.4) is 0 Å². The van der Waals surface area contributed by atoms with Crippen LogP contribution in [0.25, 0.3) is 15.9 Å². The van der Waals surface area contributed by atoms with Gasteiger partial charge in [0.1, 0.15) is 11.4 Å². The Morgan fingerprint density at radius 2 is 1.48 bits per heavy atom. The van der Waals surface area contributed by atoms with Gasteiger partial charge in [-0.25, -0.2) is 9.36 Å². The summed E-state index contributed by atoms with van der Waals surface area (Å²) in [7, 11) is 0. The Balaban J connectivity index is 1.45. The molecule has 0 spiro atoms. The standard InChI is InChI=1S/C25H24N4O3S/c1-18-16-21-23(31)29(20-10-6-3-7-11-20)25(32)28(24(21)33-18)17-22(30)27-14-12-26(13-15-27)19-8-4-2-5-9-19/h2-11,16H,12-15,17H2,1H3. The number of para-hydroxylation sites is 2. The first kappa shape index (κ1) is 21.2. The zero-order valence-electron chi connectivity index (χ0n) is 18.3. The molecule has 0 saturated carbocycles. The molecule has 2 aromatic heterocycles. The second-order valence-electron chi connectivity index (χ2n) is 8.12. The Hall–Kier alpha value is -3.65. The Morgan fingerprint density at radius 3 is 2.12 bits per heavy atom. The number of carbonyl (C=O) groups is 1. The summed E-state index contributed by atoms with van der Waals surface area (Å²) in [5.74, 6) is -0.115. The molecule has 0 unspecified atom stereocenters. The molecular formula is C25H24N4O3S. The van der Waals surface area contributed by atoms with Crippen molar-refractivity contribution in [1.82, 2.24) is 14.0 Å². The number of nitrogens with zero attached hydrogens (tertiary/aromatic N) is 4. The van der Waals surface area contributed by atoms with Gasteiger partial charge in [0.15, 0.2) is 0 Å². The molecule has 2 aromatic carbocycles. The molecule has 3 heterocycles. The molecule has 1 fully saturated rings. The second-order valence-corrected chi connectivity index (χ2v) is 9.36. The van der Waals surface area contributed by atoms with E-state index in [9.17, 15) is 14.4 Å². The monoisotopic (exact) mass is 460 g/mol. The zero-order valence-corrected chi connectivity index (χ0v) is 19.1. The number of fused-ring (bicyclic) bond motifs is 1. The lowest BCUT2D eigenvalue weighted by Gasteiger charge is -2.36. The number of piperazine rings is 1. The first-order valence-corrected chi connectivity index (χ1v) is 11.7. The summed E-state index contributed by atoms with van der Waals surface area (Å²) in [6, 6.07) is 20.8. The summed E-state index contributed by atoms with van der Waals surface area (Å²) in [4.78, 5) is 45.3. The number of carbonyl (C=O) groups excluding carboxylic acids is 1. The van der Waals surface area contributed by atoms with Crippen molar-refractivity contribution < 1.29 is 4.79 Å². The minimum atomic E-state index is -0.489. The van der Waals surface area contributed by atoms with Crippen molar-refractivity contribution in [2.24, 2.45) is 0 Å². The fourth-order valence-corrected chi connectivity index (χ4v) is 5.29. The average molecular weight is 461 g/mol. The van der Waals surface area contributed by atoms with Gasteiger partial charge in [0.05, 0.1) is 11.1 Å². The molecule has 0 bridgehead atoms. The van der Waals surface area contributed by atoms with Crippen molar-refractivity contribution in [2.45, 2.75) is 13.5 Å². The van der Waals surface area contributed by atoms with Gasteiger partial charge >= 0.3 is 5.69 Å².